The zero-order chi connectivity index (χ0) is 5.54. The molecule has 0 aromatic heterocycles. The quantitative estimate of drug-likeness (QED) is 0.320. The molecule has 0 aromatic carbocycles. The van der Waals surface area contributed by atoms with Crippen LogP contribution in [-0.4, -0.2) is 0 Å². The summed E-state index contributed by atoms with van der Waals surface area (Å²) in [5.74, 6) is 0. The van der Waals surface area contributed by atoms with E-state index in [1.165, 1.54) is 0 Å². The minimum absolute atomic E-state index is 1.05. The van der Waals surface area contributed by atoms with Crippen LogP contribution < -0.4 is 0 Å². The Morgan fingerprint density at radius 1 is 1.14 bits per heavy atom. The van der Waals surface area contributed by atoms with Gasteiger partial charge in [-0.15, -0.1) is 0 Å². The normalized spacial score (nSPS) is 8.57. The molecule has 0 aliphatic rings. The van der Waals surface area contributed by atoms with Gasteiger partial charge in [-0.1, -0.05) is 0 Å². The molecule has 7 heavy (non-hydrogen) atoms. The van der Waals surface area contributed by atoms with Crippen molar-refractivity contribution in [2.45, 2.75) is 10.8 Å². The van der Waals surface area contributed by atoms with Crippen molar-refractivity contribution in [2.24, 2.45) is 0 Å². The van der Waals surface area contributed by atoms with Crippen LogP contribution >= 0.6 is 0 Å². The second-order valence-corrected chi connectivity index (χ2v) is 2.29. The van der Waals surface area contributed by atoms with E-state index in [1.807, 2.05) is 12.2 Å². The van der Waals surface area contributed by atoms with Crippen LogP contribution in [0.4, 0.5) is 0 Å². The fraction of sp³-hybridized carbons (Fsp3) is 0.333. The van der Waals surface area contributed by atoms with Crippen LogP contribution in [0, 0.1) is 0 Å². The van der Waals surface area contributed by atoms with Gasteiger partial charge in [0, 0.05) is 0 Å². The predicted molar refractivity (Wildman–Crippen MR) is 30.0 cm³/mol. The molecule has 0 nitrogen and oxygen atoms in total. The van der Waals surface area contributed by atoms with E-state index in [9.17, 15) is 0 Å². The van der Waals surface area contributed by atoms with Gasteiger partial charge in [-0.25, -0.2) is 0 Å². The van der Waals surface area contributed by atoms with Gasteiger partial charge in [0.15, 0.2) is 0 Å². The van der Waals surface area contributed by atoms with E-state index in [-0.39, 0.29) is 0 Å². The standard InChI is InChI=1S/2C3H5.Ni/c2*1-3-2;/h2*3H,1-2H2;. The summed E-state index contributed by atoms with van der Waals surface area (Å²) in [6.45, 7) is 7.17. The Labute approximate surface area is 51.1 Å². The maximum absolute atomic E-state index is 3.58. The van der Waals surface area contributed by atoms with Crippen molar-refractivity contribution in [3.8, 4) is 0 Å². The van der Waals surface area contributed by atoms with E-state index < -0.39 is 0 Å². The van der Waals surface area contributed by atoms with Crippen LogP contribution in [0.5, 0.6) is 0 Å². The molecule has 0 bridgehead atoms. The Kier molecular flexibility index (Phi) is 5.95. The van der Waals surface area contributed by atoms with E-state index in [0.717, 1.165) is 10.8 Å². The number of rotatable bonds is 4. The average molecular weight is 141 g/mol. The maximum atomic E-state index is 3.58. The van der Waals surface area contributed by atoms with Gasteiger partial charge < -0.3 is 0 Å². The van der Waals surface area contributed by atoms with E-state index in [2.05, 4.69) is 13.2 Å². The predicted octanol–water partition coefficient (Wildman–Crippen LogP) is 2.28. The SMILES string of the molecule is C=C[CH2][Ni][CH2]C=C. The Hall–Kier alpha value is -0.0265. The molecule has 0 aliphatic carbocycles. The van der Waals surface area contributed by atoms with Crippen molar-refractivity contribution in [2.75, 3.05) is 0 Å². The molecule has 0 unspecified atom stereocenters. The van der Waals surface area contributed by atoms with Gasteiger partial charge >= 0.3 is 50.5 Å². The molecular weight excluding hydrogens is 131 g/mol. The van der Waals surface area contributed by atoms with Gasteiger partial charge in [-0.05, 0) is 0 Å². The van der Waals surface area contributed by atoms with Gasteiger partial charge in [0.2, 0.25) is 0 Å². The Balaban J connectivity index is 2.68. The van der Waals surface area contributed by atoms with Crippen molar-refractivity contribution in [1.82, 2.24) is 0 Å². The third kappa shape index (κ3) is 5.97. The van der Waals surface area contributed by atoms with E-state index in [4.69, 9.17) is 0 Å². The summed E-state index contributed by atoms with van der Waals surface area (Å²) in [6, 6.07) is 0. The molecule has 0 saturated carbocycles. The van der Waals surface area contributed by atoms with Crippen LogP contribution in [0.3, 0.4) is 0 Å². The molecule has 0 aliphatic heterocycles. The van der Waals surface area contributed by atoms with Gasteiger partial charge in [0.25, 0.3) is 0 Å². The Morgan fingerprint density at radius 3 is 1.86 bits per heavy atom. The monoisotopic (exact) mass is 140 g/mol. The van der Waals surface area contributed by atoms with E-state index >= 15 is 0 Å². The first-order valence-corrected chi connectivity index (χ1v) is 3.48. The van der Waals surface area contributed by atoms with Gasteiger partial charge in [0.1, 0.15) is 0 Å². The van der Waals surface area contributed by atoms with Crippen molar-refractivity contribution in [3.63, 3.8) is 0 Å². The van der Waals surface area contributed by atoms with Gasteiger partial charge in [0.05, 0.1) is 0 Å². The molecule has 0 rings (SSSR count). The number of allylic oxidation sites excluding steroid dienone is 2. The second-order valence-electron chi connectivity index (χ2n) is 0.994. The average Bonchev–Trinajstić information content (AvgIpc) is 1.69. The molecule has 0 aromatic rings. The Morgan fingerprint density at radius 2 is 1.57 bits per heavy atom. The zero-order valence-electron chi connectivity index (χ0n) is 4.30. The molecular formula is C6H10Ni. The number of hydrogen-bond acceptors (Lipinski definition) is 0. The Bertz CT molecular complexity index is 49.2. The third-order valence-corrected chi connectivity index (χ3v) is 1.51. The minimum atomic E-state index is 1.05. The fourth-order valence-electron chi connectivity index (χ4n) is 0.182. The molecule has 0 spiro atoms. The first-order valence-electron chi connectivity index (χ1n) is 2.08. The van der Waals surface area contributed by atoms with Crippen LogP contribution in [-0.2, 0) is 14.4 Å². The molecule has 0 saturated heterocycles. The summed E-state index contributed by atoms with van der Waals surface area (Å²) in [4.78, 5) is 0. The summed E-state index contributed by atoms with van der Waals surface area (Å²) in [5.41, 5.74) is 0. The van der Waals surface area contributed by atoms with Crippen molar-refractivity contribution >= 4 is 0 Å². The first-order chi connectivity index (χ1) is 3.41. The fourth-order valence-corrected chi connectivity index (χ4v) is 0.750. The van der Waals surface area contributed by atoms with E-state index in [1.54, 1.807) is 14.4 Å². The summed E-state index contributed by atoms with van der Waals surface area (Å²) in [5, 5.41) is 2.11. The number of hydrogen-bond donors (Lipinski definition) is 0. The van der Waals surface area contributed by atoms with Crippen LogP contribution in [0.25, 0.3) is 0 Å². The summed E-state index contributed by atoms with van der Waals surface area (Å²) < 4.78 is 0. The topological polar surface area (TPSA) is 0 Å². The van der Waals surface area contributed by atoms with Crippen LogP contribution in [0.2, 0.25) is 10.8 Å². The zero-order valence-corrected chi connectivity index (χ0v) is 5.29. The van der Waals surface area contributed by atoms with Crippen LogP contribution in [0.1, 0.15) is 0 Å². The molecule has 0 amide bonds. The summed E-state index contributed by atoms with van der Waals surface area (Å²) >= 11 is 1.66. The van der Waals surface area contributed by atoms with Gasteiger partial charge in [-0.2, -0.15) is 0 Å². The molecule has 0 radical (unpaired) electrons. The van der Waals surface area contributed by atoms with Crippen molar-refractivity contribution in [3.05, 3.63) is 25.3 Å². The van der Waals surface area contributed by atoms with Crippen molar-refractivity contribution in [1.29, 1.82) is 0 Å². The molecule has 0 N–H and O–H groups in total. The van der Waals surface area contributed by atoms with Crippen LogP contribution in [0.15, 0.2) is 25.3 Å². The third-order valence-electron chi connectivity index (χ3n) is 0.365. The molecule has 0 fully saturated rings. The van der Waals surface area contributed by atoms with Gasteiger partial charge in [-0.3, -0.25) is 0 Å². The first kappa shape index (κ1) is 6.97. The molecule has 0 heterocycles. The molecule has 0 atom stereocenters. The summed E-state index contributed by atoms with van der Waals surface area (Å²) in [6.07, 6.45) is 3.81. The molecule has 44 valence electrons. The summed E-state index contributed by atoms with van der Waals surface area (Å²) in [7, 11) is 0. The molecule has 1 heteroatoms. The second kappa shape index (κ2) is 5.97. The van der Waals surface area contributed by atoms with Crippen molar-refractivity contribution < 1.29 is 14.4 Å². The van der Waals surface area contributed by atoms with E-state index in [0.29, 0.717) is 0 Å².